The molecule has 0 heterocycles. The van der Waals surface area contributed by atoms with E-state index in [-0.39, 0.29) is 50.8 Å². The number of halogens is 2. The molecule has 3 aromatic rings. The molecular formula is C53H65Br2N3O7. The van der Waals surface area contributed by atoms with Crippen molar-refractivity contribution >= 4 is 66.8 Å². The fourth-order valence-electron chi connectivity index (χ4n) is 13.4. The topological polar surface area (TPSA) is 154 Å². The minimum absolute atomic E-state index is 0.0484. The number of carbonyl (C=O) groups is 4. The zero-order valence-electron chi connectivity index (χ0n) is 38.5. The number of aromatic hydroxyl groups is 1. The lowest BCUT2D eigenvalue weighted by Gasteiger charge is -2.61. The third-order valence-corrected chi connectivity index (χ3v) is 17.9. The minimum Gasteiger partial charge on any atom is -0.507 e. The first-order valence-corrected chi connectivity index (χ1v) is 25.2. The van der Waals surface area contributed by atoms with Crippen molar-refractivity contribution in [2.75, 3.05) is 25.1 Å². The van der Waals surface area contributed by atoms with Gasteiger partial charge in [-0.3, -0.25) is 14.4 Å². The highest BCUT2D eigenvalue weighted by Crippen LogP contribution is 2.64. The number of nitrogens with one attached hydrogen (secondary N) is 3. The number of amides is 2. The lowest BCUT2D eigenvalue weighted by Crippen LogP contribution is -2.55. The molecule has 9 atom stereocenters. The molecule has 0 aliphatic heterocycles. The van der Waals surface area contributed by atoms with Gasteiger partial charge in [-0.1, -0.05) is 93.4 Å². The van der Waals surface area contributed by atoms with Crippen molar-refractivity contribution in [2.45, 2.75) is 117 Å². The Morgan fingerprint density at radius 2 is 1.65 bits per heavy atom. The number of rotatable bonds is 11. The summed E-state index contributed by atoms with van der Waals surface area (Å²) in [5, 5.41) is 31.0. The molecule has 0 bridgehead atoms. The maximum Gasteiger partial charge on any atom is 0.407 e. The van der Waals surface area contributed by atoms with Crippen LogP contribution in [-0.4, -0.2) is 59.6 Å². The number of hydrogen-bond donors (Lipinski definition) is 5. The van der Waals surface area contributed by atoms with Gasteiger partial charge in [-0.2, -0.15) is 0 Å². The molecule has 10 nitrogen and oxygen atoms in total. The highest BCUT2D eigenvalue weighted by atomic mass is 79.9. The van der Waals surface area contributed by atoms with Crippen LogP contribution in [0.3, 0.4) is 0 Å². The number of ketones is 2. The molecule has 0 spiro atoms. The third-order valence-electron chi connectivity index (χ3n) is 16.5. The molecule has 12 heteroatoms. The molecule has 5 aliphatic carbocycles. The summed E-state index contributed by atoms with van der Waals surface area (Å²) in [6, 6.07) is 12.6. The van der Waals surface area contributed by atoms with Crippen molar-refractivity contribution < 1.29 is 34.1 Å². The summed E-state index contributed by atoms with van der Waals surface area (Å²) in [7, 11) is 0. The van der Waals surface area contributed by atoms with E-state index in [1.807, 2.05) is 0 Å². The lowest BCUT2D eigenvalue weighted by atomic mass is 9.44. The molecule has 9 unspecified atom stereocenters. The number of aliphatic hydroxyl groups excluding tert-OH is 1. The largest absolute Gasteiger partial charge is 0.507 e. The maximum absolute atomic E-state index is 14.1. The molecule has 0 saturated heterocycles. The molecule has 3 aromatic carbocycles. The number of phenolic OH excluding ortho intramolecular Hbond substituents is 1. The molecule has 4 fully saturated rings. The SMILES string of the molecule is C=C1CC(NC(=O)C(CO)c2cc(Nc3ccc(O)c4c3C(=O)c3ccccc3C4=O)c(Br)cc2Br)CC(C)(CNC(=O)OCC2(C)CCCC3(C)C4CCC(C(C)C)CC4CCC23)C1. The summed E-state index contributed by atoms with van der Waals surface area (Å²) < 4.78 is 7.27. The molecule has 348 valence electrons. The zero-order valence-corrected chi connectivity index (χ0v) is 41.6. The van der Waals surface area contributed by atoms with Crippen LogP contribution in [0.25, 0.3) is 0 Å². The highest BCUT2D eigenvalue weighted by molar-refractivity contribution is 9.11. The quantitative estimate of drug-likeness (QED) is 0.0735. The van der Waals surface area contributed by atoms with Gasteiger partial charge in [0.25, 0.3) is 0 Å². The van der Waals surface area contributed by atoms with Gasteiger partial charge in [0.15, 0.2) is 11.6 Å². The molecule has 5 aliphatic rings. The van der Waals surface area contributed by atoms with E-state index in [4.69, 9.17) is 4.74 Å². The van der Waals surface area contributed by atoms with Gasteiger partial charge in [0, 0.05) is 38.1 Å². The fourth-order valence-corrected chi connectivity index (χ4v) is 14.7. The Morgan fingerprint density at radius 3 is 2.35 bits per heavy atom. The lowest BCUT2D eigenvalue weighted by molar-refractivity contribution is -0.135. The second-order valence-electron chi connectivity index (χ2n) is 21.4. The summed E-state index contributed by atoms with van der Waals surface area (Å²) >= 11 is 7.19. The van der Waals surface area contributed by atoms with Crippen LogP contribution >= 0.6 is 31.9 Å². The monoisotopic (exact) mass is 1010 g/mol. The van der Waals surface area contributed by atoms with E-state index in [1.54, 1.807) is 36.4 Å². The standard InChI is InChI=1S/C53H65Br2N3O7/c1-29(2)31-12-14-38-32(21-31)13-17-44-52(5,18-9-19-53(38,44)6)28-65-50(64)56-27-51(4)24-30(3)20-33(25-51)57-49(63)37(26-59)36-22-42(40(55)23-39(36)54)58-41-15-16-43(60)46-45(41)47(61)34-10-7-8-11-35(34)48(46)62/h7-8,10-11,15-16,22-23,29,31-33,37-38,44,58-60H,3,9,12-14,17-21,24-28H2,1-2,4-6H3,(H,56,64)(H,57,63). The first-order valence-electron chi connectivity index (χ1n) is 23.6. The molecule has 2 amide bonds. The van der Waals surface area contributed by atoms with Crippen molar-refractivity contribution in [3.63, 3.8) is 0 Å². The van der Waals surface area contributed by atoms with Crippen molar-refractivity contribution in [1.29, 1.82) is 0 Å². The summed E-state index contributed by atoms with van der Waals surface area (Å²) in [4.78, 5) is 54.8. The number of phenols is 1. The van der Waals surface area contributed by atoms with Crippen LogP contribution in [0.15, 0.2) is 69.6 Å². The van der Waals surface area contributed by atoms with Crippen molar-refractivity contribution in [3.8, 4) is 5.75 Å². The summed E-state index contributed by atoms with van der Waals surface area (Å²) in [6.45, 7) is 16.4. The number of carbonyl (C=O) groups excluding carboxylic acids is 4. The number of anilines is 2. The van der Waals surface area contributed by atoms with Gasteiger partial charge in [-0.15, -0.1) is 0 Å². The van der Waals surface area contributed by atoms with Crippen LogP contribution in [-0.2, 0) is 9.53 Å². The van der Waals surface area contributed by atoms with Crippen molar-refractivity contribution in [3.05, 3.63) is 97.4 Å². The Morgan fingerprint density at radius 1 is 0.923 bits per heavy atom. The van der Waals surface area contributed by atoms with Crippen LogP contribution in [0.2, 0.25) is 0 Å². The summed E-state index contributed by atoms with van der Waals surface area (Å²) in [5.41, 5.74) is 2.53. The van der Waals surface area contributed by atoms with Gasteiger partial charge in [-0.05, 0) is 150 Å². The number of aliphatic hydroxyl groups is 1. The summed E-state index contributed by atoms with van der Waals surface area (Å²) in [5.74, 6) is 1.24. The zero-order chi connectivity index (χ0) is 46.6. The maximum atomic E-state index is 14.1. The van der Waals surface area contributed by atoms with Crippen LogP contribution < -0.4 is 16.0 Å². The predicted molar refractivity (Wildman–Crippen MR) is 261 cm³/mol. The van der Waals surface area contributed by atoms with E-state index < -0.39 is 30.2 Å². The van der Waals surface area contributed by atoms with Crippen molar-refractivity contribution in [1.82, 2.24) is 10.6 Å². The minimum atomic E-state index is -0.968. The van der Waals surface area contributed by atoms with Gasteiger partial charge in [0.05, 0.1) is 41.6 Å². The predicted octanol–water partition coefficient (Wildman–Crippen LogP) is 11.8. The Labute approximate surface area is 400 Å². The Balaban J connectivity index is 0.899. The van der Waals surface area contributed by atoms with E-state index in [0.29, 0.717) is 69.6 Å². The fraction of sp³-hybridized carbons (Fsp3) is 0.547. The van der Waals surface area contributed by atoms with Crippen LogP contribution in [0.1, 0.15) is 149 Å². The van der Waals surface area contributed by atoms with E-state index >= 15 is 0 Å². The van der Waals surface area contributed by atoms with Gasteiger partial charge in [0.2, 0.25) is 5.91 Å². The molecule has 4 saturated carbocycles. The first kappa shape index (κ1) is 47.5. The second-order valence-corrected chi connectivity index (χ2v) is 23.1. The number of fused-ring (bicyclic) bond motifs is 5. The summed E-state index contributed by atoms with van der Waals surface area (Å²) in [6.07, 6.45) is 11.5. The highest BCUT2D eigenvalue weighted by Gasteiger charge is 2.57. The van der Waals surface area contributed by atoms with E-state index in [2.05, 4.69) is 89.0 Å². The van der Waals surface area contributed by atoms with Gasteiger partial charge in [-0.25, -0.2) is 4.79 Å². The molecule has 5 N–H and O–H groups in total. The molecule has 65 heavy (non-hydrogen) atoms. The van der Waals surface area contributed by atoms with E-state index in [1.165, 1.54) is 57.1 Å². The van der Waals surface area contributed by atoms with Gasteiger partial charge >= 0.3 is 6.09 Å². The van der Waals surface area contributed by atoms with Gasteiger partial charge < -0.3 is 30.9 Å². The average Bonchev–Trinajstić information content (AvgIpc) is 3.25. The first-order chi connectivity index (χ1) is 30.8. The normalized spacial score (nSPS) is 30.0. The Kier molecular flexibility index (Phi) is 13.6. The smallest absolute Gasteiger partial charge is 0.407 e. The Bertz CT molecular complexity index is 2400. The number of ether oxygens (including phenoxy) is 1. The molecular weight excluding hydrogens is 950 g/mol. The van der Waals surface area contributed by atoms with E-state index in [9.17, 15) is 29.4 Å². The number of hydrogen-bond acceptors (Lipinski definition) is 8. The average molecular weight is 1020 g/mol. The second kappa shape index (κ2) is 18.6. The Hall–Kier alpha value is -4.00. The molecule has 0 aromatic heterocycles. The number of alkyl carbamates (subject to hydrolysis) is 1. The van der Waals surface area contributed by atoms with Crippen molar-refractivity contribution in [2.24, 2.45) is 45.8 Å². The molecule has 8 rings (SSSR count). The van der Waals surface area contributed by atoms with Gasteiger partial charge in [0.1, 0.15) is 5.75 Å². The van der Waals surface area contributed by atoms with E-state index in [0.717, 1.165) is 35.7 Å². The van der Waals surface area contributed by atoms with Crippen LogP contribution in [0.4, 0.5) is 16.2 Å². The van der Waals surface area contributed by atoms with Crippen LogP contribution in [0, 0.1) is 45.8 Å². The molecule has 0 radical (unpaired) electrons. The number of benzene rings is 3. The van der Waals surface area contributed by atoms with Crippen LogP contribution in [0.5, 0.6) is 5.75 Å². The third kappa shape index (κ3) is 9.21.